The fraction of sp³-hybridized carbons (Fsp3) is 0.462. The van der Waals surface area contributed by atoms with Crippen LogP contribution in [0.2, 0.25) is 0 Å². The molecule has 0 heterocycles. The summed E-state index contributed by atoms with van der Waals surface area (Å²) in [5.41, 5.74) is 0. The highest BCUT2D eigenvalue weighted by Crippen LogP contribution is 2.19. The van der Waals surface area contributed by atoms with Crippen LogP contribution in [0.5, 0.6) is 5.75 Å². The van der Waals surface area contributed by atoms with Crippen molar-refractivity contribution in [3.05, 3.63) is 28.7 Å². The molecule has 1 rings (SSSR count). The van der Waals surface area contributed by atoms with Crippen LogP contribution in [0.1, 0.15) is 13.8 Å². The molecule has 0 saturated carbocycles. The number of hydrogen-bond donors (Lipinski definition) is 0. The van der Waals surface area contributed by atoms with Crippen LogP contribution in [-0.2, 0) is 4.79 Å². The summed E-state index contributed by atoms with van der Waals surface area (Å²) in [6.45, 7) is 4.71. The van der Waals surface area contributed by atoms with E-state index < -0.39 is 4.32 Å². The summed E-state index contributed by atoms with van der Waals surface area (Å²) in [5.74, 6) is 0.846. The Morgan fingerprint density at radius 3 is 2.39 bits per heavy atom. The van der Waals surface area contributed by atoms with Crippen molar-refractivity contribution in [3.63, 3.8) is 0 Å². The van der Waals surface area contributed by atoms with E-state index in [0.717, 1.165) is 10.2 Å². The molecule has 0 bridgehead atoms. The summed E-state index contributed by atoms with van der Waals surface area (Å²) in [5, 5.41) is 0. The van der Waals surface area contributed by atoms with Gasteiger partial charge < -0.3 is 9.64 Å². The van der Waals surface area contributed by atoms with E-state index in [2.05, 4.69) is 31.9 Å². The highest BCUT2D eigenvalue weighted by Gasteiger charge is 2.26. The molecule has 100 valence electrons. The Hall–Kier alpha value is -0.550. The van der Waals surface area contributed by atoms with Crippen LogP contribution in [0.15, 0.2) is 28.7 Å². The van der Waals surface area contributed by atoms with Crippen LogP contribution in [-0.4, -0.2) is 35.3 Å². The van der Waals surface area contributed by atoms with Crippen molar-refractivity contribution in [1.29, 1.82) is 0 Å². The Morgan fingerprint density at radius 1 is 1.33 bits per heavy atom. The molecule has 0 fully saturated rings. The van der Waals surface area contributed by atoms with Crippen LogP contribution >= 0.6 is 31.9 Å². The lowest BCUT2D eigenvalue weighted by Crippen LogP contribution is -2.41. The van der Waals surface area contributed by atoms with E-state index in [1.807, 2.05) is 38.1 Å². The number of benzene rings is 1. The van der Waals surface area contributed by atoms with Gasteiger partial charge in [0.1, 0.15) is 12.4 Å². The number of carbonyl (C=O) groups excluding carboxylic acids is 1. The number of alkyl halides is 1. The first-order valence-electron chi connectivity index (χ1n) is 5.63. The number of nitrogens with zero attached hydrogens (tertiary/aromatic N) is 1. The van der Waals surface area contributed by atoms with Crippen molar-refractivity contribution >= 4 is 37.8 Å². The molecule has 0 spiro atoms. The average Bonchev–Trinajstić information content (AvgIpc) is 2.29. The van der Waals surface area contributed by atoms with Crippen molar-refractivity contribution in [3.8, 4) is 5.75 Å². The van der Waals surface area contributed by atoms with Gasteiger partial charge in [0.25, 0.3) is 0 Å². The topological polar surface area (TPSA) is 29.5 Å². The number of hydrogen-bond acceptors (Lipinski definition) is 2. The molecule has 0 aliphatic heterocycles. The highest BCUT2D eigenvalue weighted by atomic mass is 79.9. The molecular weight excluding hydrogens is 362 g/mol. The van der Waals surface area contributed by atoms with E-state index in [4.69, 9.17) is 4.74 Å². The molecule has 0 aromatic heterocycles. The van der Waals surface area contributed by atoms with Gasteiger partial charge in [0.05, 0.1) is 10.9 Å². The zero-order valence-electron chi connectivity index (χ0n) is 10.7. The molecule has 3 nitrogen and oxygen atoms in total. The SMILES string of the molecule is CN(CCOc1ccc(Br)cc1)C(=O)C(C)(C)Br. The number of amides is 1. The largest absolute Gasteiger partial charge is 0.492 e. The normalized spacial score (nSPS) is 11.2. The van der Waals surface area contributed by atoms with Crippen LogP contribution in [0, 0.1) is 0 Å². The van der Waals surface area contributed by atoms with Crippen LogP contribution in [0.4, 0.5) is 0 Å². The lowest BCUT2D eigenvalue weighted by Gasteiger charge is -2.24. The Kier molecular flexibility index (Phi) is 5.66. The van der Waals surface area contributed by atoms with Gasteiger partial charge in [0, 0.05) is 11.5 Å². The van der Waals surface area contributed by atoms with Crippen molar-refractivity contribution in [2.24, 2.45) is 0 Å². The molecule has 1 amide bonds. The van der Waals surface area contributed by atoms with E-state index in [9.17, 15) is 4.79 Å². The smallest absolute Gasteiger partial charge is 0.238 e. The monoisotopic (exact) mass is 377 g/mol. The van der Waals surface area contributed by atoms with Crippen LogP contribution in [0.3, 0.4) is 0 Å². The Labute approximate surface area is 125 Å². The summed E-state index contributed by atoms with van der Waals surface area (Å²) >= 11 is 6.72. The molecule has 18 heavy (non-hydrogen) atoms. The third-order valence-electron chi connectivity index (χ3n) is 2.36. The van der Waals surface area contributed by atoms with E-state index in [-0.39, 0.29) is 5.91 Å². The predicted molar refractivity (Wildman–Crippen MR) is 80.3 cm³/mol. The first-order valence-corrected chi connectivity index (χ1v) is 7.22. The maximum atomic E-state index is 11.9. The van der Waals surface area contributed by atoms with Crippen molar-refractivity contribution in [2.75, 3.05) is 20.2 Å². The molecule has 0 aliphatic rings. The Bertz CT molecular complexity index is 398. The van der Waals surface area contributed by atoms with E-state index in [1.165, 1.54) is 0 Å². The zero-order chi connectivity index (χ0) is 13.8. The minimum Gasteiger partial charge on any atom is -0.492 e. The first-order chi connectivity index (χ1) is 8.30. The van der Waals surface area contributed by atoms with Gasteiger partial charge in [-0.05, 0) is 38.1 Å². The summed E-state index contributed by atoms with van der Waals surface area (Å²) in [7, 11) is 1.77. The second-order valence-corrected chi connectivity index (χ2v) is 7.40. The molecular formula is C13H17Br2NO2. The summed E-state index contributed by atoms with van der Waals surface area (Å²) in [6, 6.07) is 7.62. The zero-order valence-corrected chi connectivity index (χ0v) is 13.9. The van der Waals surface area contributed by atoms with Gasteiger partial charge in [-0.25, -0.2) is 0 Å². The van der Waals surface area contributed by atoms with E-state index >= 15 is 0 Å². The second-order valence-electron chi connectivity index (χ2n) is 4.50. The molecule has 0 radical (unpaired) electrons. The Balaban J connectivity index is 2.38. The molecule has 0 N–H and O–H groups in total. The first kappa shape index (κ1) is 15.5. The Morgan fingerprint density at radius 2 is 1.89 bits per heavy atom. The summed E-state index contributed by atoms with van der Waals surface area (Å²) in [6.07, 6.45) is 0. The third kappa shape index (κ3) is 4.98. The van der Waals surface area contributed by atoms with E-state index in [0.29, 0.717) is 13.2 Å². The van der Waals surface area contributed by atoms with Gasteiger partial charge >= 0.3 is 0 Å². The molecule has 0 saturated heterocycles. The lowest BCUT2D eigenvalue weighted by molar-refractivity contribution is -0.131. The van der Waals surface area contributed by atoms with Gasteiger partial charge in [-0.15, -0.1) is 0 Å². The molecule has 0 atom stereocenters. The molecule has 1 aromatic rings. The fourth-order valence-electron chi connectivity index (χ4n) is 1.39. The summed E-state index contributed by atoms with van der Waals surface area (Å²) < 4.78 is 6.05. The predicted octanol–water partition coefficient (Wildman–Crippen LogP) is 3.46. The lowest BCUT2D eigenvalue weighted by atomic mass is 10.2. The minimum absolute atomic E-state index is 0.0434. The number of likely N-dealkylation sites (N-methyl/N-ethyl adjacent to an activating group) is 1. The quantitative estimate of drug-likeness (QED) is 0.734. The van der Waals surface area contributed by atoms with Crippen LogP contribution < -0.4 is 4.74 Å². The van der Waals surface area contributed by atoms with Gasteiger partial charge in [-0.3, -0.25) is 4.79 Å². The van der Waals surface area contributed by atoms with Crippen molar-refractivity contribution < 1.29 is 9.53 Å². The van der Waals surface area contributed by atoms with Gasteiger partial charge in [0.15, 0.2) is 0 Å². The van der Waals surface area contributed by atoms with Gasteiger partial charge in [0.2, 0.25) is 5.91 Å². The molecule has 0 aliphatic carbocycles. The number of ether oxygens (including phenoxy) is 1. The maximum absolute atomic E-state index is 11.9. The van der Waals surface area contributed by atoms with Crippen molar-refractivity contribution in [2.45, 2.75) is 18.2 Å². The maximum Gasteiger partial charge on any atom is 0.238 e. The standard InChI is InChI=1S/C13H17Br2NO2/c1-13(2,15)12(17)16(3)8-9-18-11-6-4-10(14)5-7-11/h4-7H,8-9H2,1-3H3. The third-order valence-corrected chi connectivity index (χ3v) is 3.23. The van der Waals surface area contributed by atoms with Gasteiger partial charge in [-0.1, -0.05) is 31.9 Å². The van der Waals surface area contributed by atoms with Gasteiger partial charge in [-0.2, -0.15) is 0 Å². The summed E-state index contributed by atoms with van der Waals surface area (Å²) in [4.78, 5) is 13.5. The van der Waals surface area contributed by atoms with E-state index in [1.54, 1.807) is 11.9 Å². The van der Waals surface area contributed by atoms with Crippen molar-refractivity contribution in [1.82, 2.24) is 4.90 Å². The number of rotatable bonds is 5. The fourth-order valence-corrected chi connectivity index (χ4v) is 1.95. The van der Waals surface area contributed by atoms with Crippen LogP contribution in [0.25, 0.3) is 0 Å². The minimum atomic E-state index is -0.528. The number of carbonyl (C=O) groups is 1. The highest BCUT2D eigenvalue weighted by molar-refractivity contribution is 9.10. The average molecular weight is 379 g/mol. The number of halogens is 2. The second kappa shape index (κ2) is 6.57. The molecule has 5 heteroatoms. The molecule has 1 aromatic carbocycles. The molecule has 0 unspecified atom stereocenters.